The minimum absolute atomic E-state index is 0.213. The summed E-state index contributed by atoms with van der Waals surface area (Å²) in [6.45, 7) is 2.12. The quantitative estimate of drug-likeness (QED) is 0.857. The van der Waals surface area contributed by atoms with Gasteiger partial charge in [0.1, 0.15) is 0 Å². The molecular formula is C12H14N2S. The highest BCUT2D eigenvalue weighted by molar-refractivity contribution is 7.12. The molecule has 0 saturated heterocycles. The first kappa shape index (κ1) is 10.3. The lowest BCUT2D eigenvalue weighted by Gasteiger charge is -2.13. The van der Waals surface area contributed by atoms with E-state index in [1.54, 1.807) is 0 Å². The van der Waals surface area contributed by atoms with E-state index in [0.717, 1.165) is 5.69 Å². The van der Waals surface area contributed by atoms with Crippen LogP contribution in [-0.2, 0) is 0 Å². The van der Waals surface area contributed by atoms with Crippen LogP contribution in [0.4, 0.5) is 0 Å². The van der Waals surface area contributed by atoms with E-state index in [1.807, 2.05) is 36.7 Å². The van der Waals surface area contributed by atoms with E-state index in [0.29, 0.717) is 0 Å². The number of nitrogens with zero attached hydrogens (tertiary/aromatic N) is 1. The van der Waals surface area contributed by atoms with Crippen molar-refractivity contribution in [1.82, 2.24) is 10.3 Å². The molecule has 78 valence electrons. The van der Waals surface area contributed by atoms with Crippen molar-refractivity contribution in [3.63, 3.8) is 0 Å². The van der Waals surface area contributed by atoms with Gasteiger partial charge in [-0.1, -0.05) is 6.07 Å². The third-order valence-electron chi connectivity index (χ3n) is 2.32. The second kappa shape index (κ2) is 4.55. The van der Waals surface area contributed by atoms with Crippen molar-refractivity contribution in [2.45, 2.75) is 13.0 Å². The molecule has 0 radical (unpaired) electrons. The number of hydrogen-bond acceptors (Lipinski definition) is 3. The van der Waals surface area contributed by atoms with Crippen LogP contribution in [0.15, 0.2) is 36.5 Å². The molecule has 0 spiro atoms. The second-order valence-corrected chi connectivity index (χ2v) is 4.74. The highest BCUT2D eigenvalue weighted by Gasteiger charge is 2.14. The van der Waals surface area contributed by atoms with Gasteiger partial charge in [0, 0.05) is 16.0 Å². The first-order valence-corrected chi connectivity index (χ1v) is 5.77. The lowest BCUT2D eigenvalue weighted by atomic mass is 10.1. The summed E-state index contributed by atoms with van der Waals surface area (Å²) in [6.07, 6.45) is 1.83. The Morgan fingerprint density at radius 3 is 2.67 bits per heavy atom. The van der Waals surface area contributed by atoms with Crippen molar-refractivity contribution in [2.75, 3.05) is 7.05 Å². The lowest BCUT2D eigenvalue weighted by Crippen LogP contribution is -2.17. The van der Waals surface area contributed by atoms with Gasteiger partial charge in [-0.05, 0) is 38.2 Å². The topological polar surface area (TPSA) is 24.9 Å². The van der Waals surface area contributed by atoms with E-state index in [-0.39, 0.29) is 6.04 Å². The van der Waals surface area contributed by atoms with Gasteiger partial charge in [-0.15, -0.1) is 11.3 Å². The Kier molecular flexibility index (Phi) is 3.14. The van der Waals surface area contributed by atoms with E-state index >= 15 is 0 Å². The molecule has 0 aliphatic heterocycles. The number of aromatic nitrogens is 1. The van der Waals surface area contributed by atoms with Crippen molar-refractivity contribution < 1.29 is 0 Å². The van der Waals surface area contributed by atoms with Crippen LogP contribution in [-0.4, -0.2) is 12.0 Å². The van der Waals surface area contributed by atoms with Crippen LogP contribution in [0.5, 0.6) is 0 Å². The highest BCUT2D eigenvalue weighted by Crippen LogP contribution is 2.26. The average Bonchev–Trinajstić information content (AvgIpc) is 2.68. The van der Waals surface area contributed by atoms with Gasteiger partial charge in [-0.25, -0.2) is 0 Å². The molecule has 0 bridgehead atoms. The largest absolute Gasteiger partial charge is 0.307 e. The molecule has 2 rings (SSSR count). The molecule has 1 N–H and O–H groups in total. The Labute approximate surface area is 94.0 Å². The molecule has 15 heavy (non-hydrogen) atoms. The summed E-state index contributed by atoms with van der Waals surface area (Å²) in [4.78, 5) is 7.03. The van der Waals surface area contributed by atoms with Crippen molar-refractivity contribution in [3.05, 3.63) is 52.0 Å². The Bertz CT molecular complexity index is 422. The molecule has 0 amide bonds. The summed E-state index contributed by atoms with van der Waals surface area (Å²) in [5.41, 5.74) is 1.07. The standard InChI is InChI=1S/C12H14N2S/c1-9-6-7-11(15-9)12(13-2)10-5-3-4-8-14-10/h3-8,12-13H,1-2H3. The molecular weight excluding hydrogens is 204 g/mol. The molecule has 1 unspecified atom stereocenters. The van der Waals surface area contributed by atoms with E-state index in [1.165, 1.54) is 9.75 Å². The van der Waals surface area contributed by atoms with Crippen molar-refractivity contribution in [3.8, 4) is 0 Å². The Balaban J connectivity index is 2.33. The monoisotopic (exact) mass is 218 g/mol. The first-order valence-electron chi connectivity index (χ1n) is 4.96. The van der Waals surface area contributed by atoms with E-state index in [4.69, 9.17) is 0 Å². The number of rotatable bonds is 3. The molecule has 3 heteroatoms. The summed E-state index contributed by atoms with van der Waals surface area (Å²) < 4.78 is 0. The molecule has 2 heterocycles. The fraction of sp³-hybridized carbons (Fsp3) is 0.250. The van der Waals surface area contributed by atoms with Crippen LogP contribution in [0.25, 0.3) is 0 Å². The summed E-state index contributed by atoms with van der Waals surface area (Å²) in [5, 5.41) is 3.30. The van der Waals surface area contributed by atoms with Gasteiger partial charge in [0.2, 0.25) is 0 Å². The number of thiophene rings is 1. The first-order chi connectivity index (χ1) is 7.31. The van der Waals surface area contributed by atoms with Crippen LogP contribution >= 0.6 is 11.3 Å². The summed E-state index contributed by atoms with van der Waals surface area (Å²) >= 11 is 1.81. The van der Waals surface area contributed by atoms with Gasteiger partial charge in [-0.3, -0.25) is 4.98 Å². The molecule has 0 fully saturated rings. The smallest absolute Gasteiger partial charge is 0.0842 e. The Hall–Kier alpha value is -1.19. The fourth-order valence-electron chi connectivity index (χ4n) is 1.59. The lowest BCUT2D eigenvalue weighted by molar-refractivity contribution is 0.682. The number of pyridine rings is 1. The maximum atomic E-state index is 4.38. The van der Waals surface area contributed by atoms with Crippen LogP contribution in [0.1, 0.15) is 21.5 Å². The normalized spacial score (nSPS) is 12.7. The van der Waals surface area contributed by atoms with E-state index in [2.05, 4.69) is 35.4 Å². The van der Waals surface area contributed by atoms with Crippen LogP contribution in [0, 0.1) is 6.92 Å². The summed E-state index contributed by atoms with van der Waals surface area (Å²) in [5.74, 6) is 0. The SMILES string of the molecule is CNC(c1ccccn1)c1ccc(C)s1. The molecule has 0 aliphatic rings. The highest BCUT2D eigenvalue weighted by atomic mass is 32.1. The van der Waals surface area contributed by atoms with Crippen molar-refractivity contribution >= 4 is 11.3 Å². The van der Waals surface area contributed by atoms with Gasteiger partial charge in [0.05, 0.1) is 11.7 Å². The summed E-state index contributed by atoms with van der Waals surface area (Å²) in [6, 6.07) is 10.5. The van der Waals surface area contributed by atoms with Gasteiger partial charge < -0.3 is 5.32 Å². The van der Waals surface area contributed by atoms with Crippen LogP contribution in [0.3, 0.4) is 0 Å². The molecule has 0 aliphatic carbocycles. The number of aryl methyl sites for hydroxylation is 1. The Morgan fingerprint density at radius 2 is 2.13 bits per heavy atom. The third kappa shape index (κ3) is 2.25. The average molecular weight is 218 g/mol. The van der Waals surface area contributed by atoms with Gasteiger partial charge in [0.15, 0.2) is 0 Å². The van der Waals surface area contributed by atoms with Crippen LogP contribution < -0.4 is 5.32 Å². The minimum atomic E-state index is 0.213. The predicted octanol–water partition coefficient (Wildman–Crippen LogP) is 2.76. The van der Waals surface area contributed by atoms with Gasteiger partial charge in [0.25, 0.3) is 0 Å². The van der Waals surface area contributed by atoms with Gasteiger partial charge >= 0.3 is 0 Å². The molecule has 0 aromatic carbocycles. The zero-order chi connectivity index (χ0) is 10.7. The molecule has 2 nitrogen and oxygen atoms in total. The summed E-state index contributed by atoms with van der Waals surface area (Å²) in [7, 11) is 1.97. The van der Waals surface area contributed by atoms with Crippen LogP contribution in [0.2, 0.25) is 0 Å². The van der Waals surface area contributed by atoms with Crippen molar-refractivity contribution in [2.24, 2.45) is 0 Å². The molecule has 0 saturated carbocycles. The maximum Gasteiger partial charge on any atom is 0.0842 e. The molecule has 2 aromatic heterocycles. The Morgan fingerprint density at radius 1 is 1.27 bits per heavy atom. The number of nitrogens with one attached hydrogen (secondary N) is 1. The fourth-order valence-corrected chi connectivity index (χ4v) is 2.59. The molecule has 1 atom stereocenters. The number of hydrogen-bond donors (Lipinski definition) is 1. The van der Waals surface area contributed by atoms with Crippen molar-refractivity contribution in [1.29, 1.82) is 0 Å². The zero-order valence-electron chi connectivity index (χ0n) is 8.90. The van der Waals surface area contributed by atoms with E-state index in [9.17, 15) is 0 Å². The van der Waals surface area contributed by atoms with Gasteiger partial charge in [-0.2, -0.15) is 0 Å². The van der Waals surface area contributed by atoms with E-state index < -0.39 is 0 Å². The third-order valence-corrected chi connectivity index (χ3v) is 3.38. The predicted molar refractivity (Wildman–Crippen MR) is 64.2 cm³/mol. The zero-order valence-corrected chi connectivity index (χ0v) is 9.71. The molecule has 2 aromatic rings. The maximum absolute atomic E-state index is 4.38. The minimum Gasteiger partial charge on any atom is -0.307 e. The second-order valence-electron chi connectivity index (χ2n) is 3.42.